The third kappa shape index (κ3) is 5.01. The van der Waals surface area contributed by atoms with E-state index in [0.29, 0.717) is 19.3 Å². The smallest absolute Gasteiger partial charge is 0.326 e. The topological polar surface area (TPSA) is 95.9 Å². The van der Waals surface area contributed by atoms with Crippen LogP contribution >= 0.6 is 0 Å². The van der Waals surface area contributed by atoms with Crippen LogP contribution in [-0.4, -0.2) is 59.1 Å². The van der Waals surface area contributed by atoms with Crippen LogP contribution in [-0.2, 0) is 25.5 Å². The van der Waals surface area contributed by atoms with E-state index in [4.69, 9.17) is 4.74 Å². The van der Waals surface area contributed by atoms with Gasteiger partial charge < -0.3 is 14.7 Å². The molecule has 5 atom stereocenters. The maximum atomic E-state index is 13.3. The highest BCUT2D eigenvalue weighted by atomic mass is 16.5. The molecule has 0 bridgehead atoms. The molecular weight excluding hydrogens is 384 g/mol. The van der Waals surface area contributed by atoms with Crippen LogP contribution in [0.5, 0.6) is 0 Å². The lowest BCUT2D eigenvalue weighted by Gasteiger charge is -2.35. The molecule has 2 N–H and O–H groups in total. The molecule has 3 rings (SSSR count). The molecule has 2 fully saturated rings. The number of nitrogens with one attached hydrogen (secondary N) is 1. The number of hydrogen-bond acceptors (Lipinski definition) is 5. The second-order valence-corrected chi connectivity index (χ2v) is 8.44. The van der Waals surface area contributed by atoms with Gasteiger partial charge in [0.15, 0.2) is 0 Å². The normalized spacial score (nSPS) is 25.3. The molecule has 0 spiro atoms. The van der Waals surface area contributed by atoms with Crippen molar-refractivity contribution in [2.45, 2.75) is 76.0 Å². The van der Waals surface area contributed by atoms with E-state index < -0.39 is 30.1 Å². The van der Waals surface area contributed by atoms with Gasteiger partial charge >= 0.3 is 11.9 Å². The average molecular weight is 417 g/mol. The second kappa shape index (κ2) is 10.1. The molecule has 1 amide bonds. The van der Waals surface area contributed by atoms with Crippen LogP contribution in [0.1, 0.15) is 51.0 Å². The second-order valence-electron chi connectivity index (χ2n) is 8.44. The van der Waals surface area contributed by atoms with Gasteiger partial charge in [-0.3, -0.25) is 14.9 Å². The fraction of sp³-hybridized carbons (Fsp3) is 0.609. The van der Waals surface area contributed by atoms with Crippen LogP contribution in [0.25, 0.3) is 0 Å². The highest BCUT2D eigenvalue weighted by Gasteiger charge is 2.48. The van der Waals surface area contributed by atoms with Crippen LogP contribution in [0.2, 0.25) is 0 Å². The number of aryl methyl sites for hydroxylation is 1. The van der Waals surface area contributed by atoms with E-state index in [2.05, 4.69) is 5.32 Å². The summed E-state index contributed by atoms with van der Waals surface area (Å²) in [7, 11) is 1.33. The number of amides is 1. The van der Waals surface area contributed by atoms with Crippen molar-refractivity contribution in [2.75, 3.05) is 7.11 Å². The lowest BCUT2D eigenvalue weighted by molar-refractivity contribution is -0.151. The zero-order valence-corrected chi connectivity index (χ0v) is 17.8. The number of benzene rings is 1. The average Bonchev–Trinajstić information content (AvgIpc) is 3.16. The number of aliphatic carboxylic acids is 1. The number of esters is 1. The summed E-state index contributed by atoms with van der Waals surface area (Å²) < 4.78 is 4.93. The maximum Gasteiger partial charge on any atom is 0.326 e. The third-order valence-corrected chi connectivity index (χ3v) is 6.50. The van der Waals surface area contributed by atoms with Crippen molar-refractivity contribution in [1.29, 1.82) is 0 Å². The van der Waals surface area contributed by atoms with Gasteiger partial charge in [0, 0.05) is 6.04 Å². The molecule has 30 heavy (non-hydrogen) atoms. The summed E-state index contributed by atoms with van der Waals surface area (Å²) in [4.78, 5) is 39.0. The zero-order chi connectivity index (χ0) is 21.7. The highest BCUT2D eigenvalue weighted by Crippen LogP contribution is 2.40. The lowest BCUT2D eigenvalue weighted by Crippen LogP contribution is -2.55. The molecule has 0 unspecified atom stereocenters. The molecule has 1 saturated carbocycles. The van der Waals surface area contributed by atoms with Crippen LogP contribution in [0, 0.1) is 5.92 Å². The van der Waals surface area contributed by atoms with Crippen molar-refractivity contribution >= 4 is 17.8 Å². The van der Waals surface area contributed by atoms with Gasteiger partial charge in [-0.05, 0) is 50.5 Å². The summed E-state index contributed by atoms with van der Waals surface area (Å²) in [6, 6.07) is 7.71. The Morgan fingerprint density at radius 2 is 1.90 bits per heavy atom. The number of carboxylic acids is 1. The summed E-state index contributed by atoms with van der Waals surface area (Å²) in [6.07, 6.45) is 5.60. The number of likely N-dealkylation sites (tertiary alicyclic amines) is 1. The predicted molar refractivity (Wildman–Crippen MR) is 112 cm³/mol. The Morgan fingerprint density at radius 3 is 2.57 bits per heavy atom. The molecule has 7 nitrogen and oxygen atoms in total. The first-order chi connectivity index (χ1) is 14.4. The van der Waals surface area contributed by atoms with Crippen molar-refractivity contribution in [3.8, 4) is 0 Å². The zero-order valence-electron chi connectivity index (χ0n) is 17.8. The van der Waals surface area contributed by atoms with Gasteiger partial charge in [0.1, 0.15) is 12.1 Å². The van der Waals surface area contributed by atoms with Crippen LogP contribution in [0.15, 0.2) is 30.3 Å². The summed E-state index contributed by atoms with van der Waals surface area (Å²) in [6.45, 7) is 1.70. The minimum Gasteiger partial charge on any atom is -0.480 e. The highest BCUT2D eigenvalue weighted by molar-refractivity contribution is 5.88. The number of fused-ring (bicyclic) bond motifs is 1. The Hall–Kier alpha value is -2.41. The van der Waals surface area contributed by atoms with E-state index in [-0.39, 0.29) is 17.9 Å². The number of carboxylic acid groups (broad SMARTS) is 1. The van der Waals surface area contributed by atoms with E-state index >= 15 is 0 Å². The fourth-order valence-electron chi connectivity index (χ4n) is 4.96. The van der Waals surface area contributed by atoms with Gasteiger partial charge in [-0.25, -0.2) is 4.79 Å². The molecule has 2 aliphatic rings. The Bertz CT molecular complexity index is 753. The number of methoxy groups -OCH3 is 1. The van der Waals surface area contributed by atoms with Crippen molar-refractivity contribution in [1.82, 2.24) is 10.2 Å². The molecule has 1 aliphatic carbocycles. The number of rotatable bonds is 8. The molecule has 7 heteroatoms. The van der Waals surface area contributed by atoms with E-state index in [1.807, 2.05) is 30.3 Å². The van der Waals surface area contributed by atoms with Crippen LogP contribution in [0.3, 0.4) is 0 Å². The molecule has 0 radical (unpaired) electrons. The van der Waals surface area contributed by atoms with E-state index in [0.717, 1.165) is 31.2 Å². The molecule has 1 aliphatic heterocycles. The monoisotopic (exact) mass is 416 g/mol. The van der Waals surface area contributed by atoms with Gasteiger partial charge in [-0.2, -0.15) is 0 Å². The third-order valence-electron chi connectivity index (χ3n) is 6.50. The maximum absolute atomic E-state index is 13.3. The minimum absolute atomic E-state index is 0.0162. The van der Waals surface area contributed by atoms with Crippen molar-refractivity contribution in [3.63, 3.8) is 0 Å². The standard InChI is InChI=1S/C23H32N2O5/c1-15(24-18(23(29)30-2)13-12-16-8-4-3-5-9-16)21(26)25-19-11-7-6-10-17(19)14-20(25)22(27)28/h3-5,8-9,15,17-20,24H,6-7,10-14H2,1-2H3,(H,27,28)/t15-,17+,18-,19-,20-/m0/s1. The molecule has 1 heterocycles. The first-order valence-electron chi connectivity index (χ1n) is 10.8. The minimum atomic E-state index is -0.946. The predicted octanol–water partition coefficient (Wildman–Crippen LogP) is 2.38. The molecule has 1 saturated heterocycles. The van der Waals surface area contributed by atoms with Crippen LogP contribution < -0.4 is 5.32 Å². The van der Waals surface area contributed by atoms with Crippen LogP contribution in [0.4, 0.5) is 0 Å². The van der Waals surface area contributed by atoms with Gasteiger partial charge in [-0.1, -0.05) is 43.2 Å². The Balaban J connectivity index is 1.68. The van der Waals surface area contributed by atoms with Crippen molar-refractivity contribution in [3.05, 3.63) is 35.9 Å². The quantitative estimate of drug-likeness (QED) is 0.632. The number of carbonyl (C=O) groups excluding carboxylic acids is 2. The molecule has 1 aromatic carbocycles. The summed E-state index contributed by atoms with van der Waals surface area (Å²) in [5.74, 6) is -1.35. The van der Waals surface area contributed by atoms with E-state index in [1.165, 1.54) is 7.11 Å². The Kier molecular flexibility index (Phi) is 7.48. The lowest BCUT2D eigenvalue weighted by atomic mass is 9.84. The number of nitrogens with zero attached hydrogens (tertiary/aromatic N) is 1. The largest absolute Gasteiger partial charge is 0.480 e. The van der Waals surface area contributed by atoms with Crippen molar-refractivity contribution in [2.24, 2.45) is 5.92 Å². The first kappa shape index (κ1) is 22.3. The molecular formula is C23H32N2O5. The van der Waals surface area contributed by atoms with Gasteiger partial charge in [0.2, 0.25) is 5.91 Å². The van der Waals surface area contributed by atoms with Crippen molar-refractivity contribution < 1.29 is 24.2 Å². The summed E-state index contributed by atoms with van der Waals surface area (Å²) in [5.41, 5.74) is 1.10. The molecule has 1 aromatic rings. The van der Waals surface area contributed by atoms with E-state index in [9.17, 15) is 19.5 Å². The fourth-order valence-corrected chi connectivity index (χ4v) is 4.96. The Morgan fingerprint density at radius 1 is 1.20 bits per heavy atom. The Labute approximate surface area is 177 Å². The molecule has 0 aromatic heterocycles. The first-order valence-corrected chi connectivity index (χ1v) is 10.8. The SMILES string of the molecule is COC(=O)[C@H](CCc1ccccc1)N[C@@H](C)C(=O)N1[C@H](C(=O)O)C[C@H]2CCCC[C@@H]21. The number of hydrogen-bond donors (Lipinski definition) is 2. The van der Waals surface area contributed by atoms with Gasteiger partial charge in [-0.15, -0.1) is 0 Å². The number of ether oxygens (including phenoxy) is 1. The molecule has 164 valence electrons. The number of carbonyl (C=O) groups is 3. The van der Waals surface area contributed by atoms with Gasteiger partial charge in [0.25, 0.3) is 0 Å². The van der Waals surface area contributed by atoms with E-state index in [1.54, 1.807) is 11.8 Å². The van der Waals surface area contributed by atoms with Gasteiger partial charge in [0.05, 0.1) is 13.2 Å². The summed E-state index contributed by atoms with van der Waals surface area (Å²) >= 11 is 0. The summed E-state index contributed by atoms with van der Waals surface area (Å²) in [5, 5.41) is 12.8.